The molecule has 0 unspecified atom stereocenters. The highest BCUT2D eigenvalue weighted by Gasteiger charge is 2.32. The molecule has 1 saturated carbocycles. The van der Waals surface area contributed by atoms with E-state index in [4.69, 9.17) is 0 Å². The average Bonchev–Trinajstić information content (AvgIpc) is 3.37. The summed E-state index contributed by atoms with van der Waals surface area (Å²) < 4.78 is 0. The molecule has 4 rings (SSSR count). The summed E-state index contributed by atoms with van der Waals surface area (Å²) in [7, 11) is 0. The van der Waals surface area contributed by atoms with Crippen molar-refractivity contribution in [2.75, 3.05) is 16.8 Å². The van der Waals surface area contributed by atoms with Gasteiger partial charge < -0.3 is 10.2 Å². The summed E-state index contributed by atoms with van der Waals surface area (Å²) in [6, 6.07) is 11.3. The predicted molar refractivity (Wildman–Crippen MR) is 106 cm³/mol. The second kappa shape index (κ2) is 7.42. The second-order valence-corrected chi connectivity index (χ2v) is 7.29. The smallest absolute Gasteiger partial charge is 0.282 e. The molecule has 1 N–H and O–H groups in total. The molecule has 0 spiro atoms. The molecule has 0 atom stereocenters. The maximum absolute atomic E-state index is 12.8. The minimum atomic E-state index is -0.565. The third-order valence-electron chi connectivity index (χ3n) is 5.55. The Hall–Kier alpha value is -3.22. The quantitative estimate of drug-likeness (QED) is 0.643. The van der Waals surface area contributed by atoms with Crippen molar-refractivity contribution in [1.29, 1.82) is 0 Å². The van der Waals surface area contributed by atoms with Crippen LogP contribution >= 0.6 is 0 Å². The molecule has 0 bridgehead atoms. The summed E-state index contributed by atoms with van der Waals surface area (Å²) in [5.74, 6) is -0.193. The molecule has 7 heteroatoms. The second-order valence-electron chi connectivity index (χ2n) is 7.29. The number of hydrogen-bond acceptors (Lipinski definition) is 4. The molecule has 28 heavy (non-hydrogen) atoms. The molecule has 0 radical (unpaired) electrons. The van der Waals surface area contributed by atoms with E-state index < -0.39 is 10.8 Å². The van der Waals surface area contributed by atoms with Crippen LogP contribution in [0, 0.1) is 16.0 Å². The highest BCUT2D eigenvalue weighted by molar-refractivity contribution is 6.07. The molecule has 1 aliphatic carbocycles. The molecule has 2 aromatic carbocycles. The number of para-hydroxylation sites is 1. The lowest BCUT2D eigenvalue weighted by molar-refractivity contribution is -0.385. The summed E-state index contributed by atoms with van der Waals surface area (Å²) in [5, 5.41) is 13.9. The summed E-state index contributed by atoms with van der Waals surface area (Å²) in [6.45, 7) is 0.659. The van der Waals surface area contributed by atoms with E-state index in [9.17, 15) is 19.7 Å². The zero-order chi connectivity index (χ0) is 19.7. The van der Waals surface area contributed by atoms with Gasteiger partial charge in [-0.25, -0.2) is 0 Å². The van der Waals surface area contributed by atoms with Crippen molar-refractivity contribution in [1.82, 2.24) is 0 Å². The van der Waals surface area contributed by atoms with Crippen molar-refractivity contribution in [2.45, 2.75) is 32.1 Å². The van der Waals surface area contributed by atoms with Crippen molar-refractivity contribution < 1.29 is 14.5 Å². The number of carbonyl (C=O) groups is 2. The van der Waals surface area contributed by atoms with Crippen LogP contribution in [0.5, 0.6) is 0 Å². The van der Waals surface area contributed by atoms with E-state index in [1.54, 1.807) is 12.1 Å². The number of fused-ring (bicyclic) bond motifs is 1. The van der Waals surface area contributed by atoms with Crippen LogP contribution in [0.2, 0.25) is 0 Å². The lowest BCUT2D eigenvalue weighted by Gasteiger charge is -2.21. The first-order valence-corrected chi connectivity index (χ1v) is 9.53. The first-order valence-electron chi connectivity index (χ1n) is 9.53. The highest BCUT2D eigenvalue weighted by Crippen LogP contribution is 2.35. The number of anilines is 2. The topological polar surface area (TPSA) is 92.6 Å². The molecule has 144 valence electrons. The molecule has 2 amide bonds. The van der Waals surface area contributed by atoms with Crippen LogP contribution in [0.25, 0.3) is 0 Å². The maximum Gasteiger partial charge on any atom is 0.282 e. The van der Waals surface area contributed by atoms with Crippen LogP contribution < -0.4 is 10.2 Å². The van der Waals surface area contributed by atoms with Crippen LogP contribution in [-0.4, -0.2) is 23.3 Å². The van der Waals surface area contributed by atoms with Gasteiger partial charge in [-0.05, 0) is 49.1 Å². The number of rotatable bonds is 4. The van der Waals surface area contributed by atoms with Crippen molar-refractivity contribution in [3.8, 4) is 0 Å². The molecule has 7 nitrogen and oxygen atoms in total. The van der Waals surface area contributed by atoms with Crippen molar-refractivity contribution in [3.05, 3.63) is 63.7 Å². The Kier molecular flexibility index (Phi) is 4.81. The van der Waals surface area contributed by atoms with Gasteiger partial charge in [0.15, 0.2) is 0 Å². The third-order valence-corrected chi connectivity index (χ3v) is 5.55. The molecular weight excluding hydrogens is 358 g/mol. The fourth-order valence-electron chi connectivity index (χ4n) is 4.12. The van der Waals surface area contributed by atoms with E-state index in [0.29, 0.717) is 12.2 Å². The zero-order valence-corrected chi connectivity index (χ0v) is 15.4. The number of nitrogens with zero attached hydrogens (tertiary/aromatic N) is 2. The standard InChI is InChI=1S/C21H21N3O4/c25-20(17-7-3-4-8-19(17)24(27)28)22-16-9-10-18-15(13-16)11-12-23(18)21(26)14-5-1-2-6-14/h3-4,7-10,13-14H,1-2,5-6,11-12H2,(H,22,25). The van der Waals surface area contributed by atoms with Crippen LogP contribution in [-0.2, 0) is 11.2 Å². The van der Waals surface area contributed by atoms with Crippen LogP contribution in [0.1, 0.15) is 41.6 Å². The van der Waals surface area contributed by atoms with Crippen LogP contribution in [0.15, 0.2) is 42.5 Å². The number of nitro benzene ring substituents is 1. The van der Waals surface area contributed by atoms with Gasteiger partial charge in [0.05, 0.1) is 4.92 Å². The SMILES string of the molecule is O=C(Nc1ccc2c(c1)CCN2C(=O)C1CCCC1)c1ccccc1[N+](=O)[O-]. The van der Waals surface area contributed by atoms with Gasteiger partial charge in [-0.15, -0.1) is 0 Å². The molecule has 1 aliphatic heterocycles. The Morgan fingerprint density at radius 2 is 1.86 bits per heavy atom. The molecule has 0 saturated heterocycles. The maximum atomic E-state index is 12.8. The summed E-state index contributed by atoms with van der Waals surface area (Å²) in [4.78, 5) is 37.7. The number of nitro groups is 1. The van der Waals surface area contributed by atoms with Gasteiger partial charge in [0.1, 0.15) is 5.56 Å². The lowest BCUT2D eigenvalue weighted by Crippen LogP contribution is -2.33. The third kappa shape index (κ3) is 3.35. The highest BCUT2D eigenvalue weighted by atomic mass is 16.6. The van der Waals surface area contributed by atoms with Gasteiger partial charge in [0.25, 0.3) is 11.6 Å². The Labute approximate surface area is 162 Å². The summed E-state index contributed by atoms with van der Waals surface area (Å²) in [5.41, 5.74) is 2.27. The minimum absolute atomic E-state index is 0.0195. The first-order chi connectivity index (χ1) is 13.5. The van der Waals surface area contributed by atoms with E-state index in [1.807, 2.05) is 17.0 Å². The minimum Gasteiger partial charge on any atom is -0.322 e. The fourth-order valence-corrected chi connectivity index (χ4v) is 4.12. The van der Waals surface area contributed by atoms with Crippen molar-refractivity contribution in [3.63, 3.8) is 0 Å². The van der Waals surface area contributed by atoms with Gasteiger partial charge in [-0.2, -0.15) is 0 Å². The van der Waals surface area contributed by atoms with Gasteiger partial charge in [-0.3, -0.25) is 19.7 Å². The Morgan fingerprint density at radius 3 is 2.61 bits per heavy atom. The first kappa shape index (κ1) is 18.2. The number of carbonyl (C=O) groups excluding carboxylic acids is 2. The van der Waals surface area contributed by atoms with Gasteiger partial charge in [0.2, 0.25) is 5.91 Å². The molecule has 2 aromatic rings. The number of hydrogen-bond donors (Lipinski definition) is 1. The monoisotopic (exact) mass is 379 g/mol. The lowest BCUT2D eigenvalue weighted by atomic mass is 10.1. The average molecular weight is 379 g/mol. The molecule has 1 heterocycles. The fraction of sp³-hybridized carbons (Fsp3) is 0.333. The van der Waals surface area contributed by atoms with Gasteiger partial charge in [0, 0.05) is 29.9 Å². The number of benzene rings is 2. The van der Waals surface area contributed by atoms with Gasteiger partial charge >= 0.3 is 0 Å². The van der Waals surface area contributed by atoms with E-state index in [-0.39, 0.29) is 23.1 Å². The summed E-state index contributed by atoms with van der Waals surface area (Å²) >= 11 is 0. The largest absolute Gasteiger partial charge is 0.322 e. The normalized spacial score (nSPS) is 16.1. The number of nitrogens with one attached hydrogen (secondary N) is 1. The van der Waals surface area contributed by atoms with Crippen molar-refractivity contribution in [2.24, 2.45) is 5.92 Å². The number of amides is 2. The van der Waals surface area contributed by atoms with E-state index in [0.717, 1.165) is 43.4 Å². The Morgan fingerprint density at radius 1 is 1.11 bits per heavy atom. The zero-order valence-electron chi connectivity index (χ0n) is 15.4. The summed E-state index contributed by atoms with van der Waals surface area (Å²) in [6.07, 6.45) is 4.91. The molecule has 2 aliphatic rings. The van der Waals surface area contributed by atoms with E-state index >= 15 is 0 Å². The van der Waals surface area contributed by atoms with E-state index in [2.05, 4.69) is 5.32 Å². The Balaban J connectivity index is 1.52. The molecule has 0 aromatic heterocycles. The van der Waals surface area contributed by atoms with Crippen LogP contribution in [0.4, 0.5) is 17.1 Å². The van der Waals surface area contributed by atoms with Crippen molar-refractivity contribution >= 4 is 28.9 Å². The van der Waals surface area contributed by atoms with Crippen LogP contribution in [0.3, 0.4) is 0 Å². The van der Waals surface area contributed by atoms with Gasteiger partial charge in [-0.1, -0.05) is 25.0 Å². The Bertz CT molecular complexity index is 950. The molecular formula is C21H21N3O4. The van der Waals surface area contributed by atoms with E-state index in [1.165, 1.54) is 18.2 Å². The predicted octanol–water partition coefficient (Wildman–Crippen LogP) is 3.93. The molecule has 1 fully saturated rings.